The molecular weight excluding hydrogens is 259 g/mol. The van der Waals surface area contributed by atoms with Gasteiger partial charge in [-0.2, -0.15) is 0 Å². The summed E-state index contributed by atoms with van der Waals surface area (Å²) in [6.45, 7) is 2.23. The highest BCUT2D eigenvalue weighted by Crippen LogP contribution is 2.03. The molecular formula is C12H18BrCl. The number of rotatable bonds is 4. The summed E-state index contributed by atoms with van der Waals surface area (Å²) in [6, 6.07) is 9.44. The molecule has 0 N–H and O–H groups in total. The number of alkyl halides is 1. The molecule has 0 radical (unpaired) electrons. The van der Waals surface area contributed by atoms with Crippen LogP contribution in [0.25, 0.3) is 0 Å². The molecule has 0 unspecified atom stereocenters. The molecule has 14 heavy (non-hydrogen) atoms. The van der Waals surface area contributed by atoms with E-state index in [1.807, 2.05) is 30.3 Å². The molecule has 1 rings (SSSR count). The topological polar surface area (TPSA) is 0 Å². The Morgan fingerprint density at radius 3 is 2.07 bits per heavy atom. The van der Waals surface area contributed by atoms with Gasteiger partial charge in [-0.25, -0.2) is 0 Å². The van der Waals surface area contributed by atoms with Gasteiger partial charge in [0.05, 0.1) is 0 Å². The van der Waals surface area contributed by atoms with Gasteiger partial charge in [0, 0.05) is 10.4 Å². The van der Waals surface area contributed by atoms with E-state index in [4.69, 9.17) is 11.6 Å². The van der Waals surface area contributed by atoms with E-state index in [1.54, 1.807) is 0 Å². The average Bonchev–Trinajstić information content (AvgIpc) is 2.21. The smallest absolute Gasteiger partial charge is 0.0405 e. The third kappa shape index (κ3) is 10.1. The zero-order valence-electron chi connectivity index (χ0n) is 8.68. The molecule has 0 aliphatic carbocycles. The molecule has 0 saturated heterocycles. The van der Waals surface area contributed by atoms with Crippen LogP contribution in [-0.4, -0.2) is 5.33 Å². The molecule has 0 amide bonds. The molecule has 1 aromatic carbocycles. The summed E-state index contributed by atoms with van der Waals surface area (Å²) in [6.07, 6.45) is 5.47. The Morgan fingerprint density at radius 1 is 1.07 bits per heavy atom. The van der Waals surface area contributed by atoms with E-state index < -0.39 is 0 Å². The van der Waals surface area contributed by atoms with Crippen LogP contribution in [0.5, 0.6) is 0 Å². The van der Waals surface area contributed by atoms with Gasteiger partial charge >= 0.3 is 0 Å². The second kappa shape index (κ2) is 11.1. The Bertz CT molecular complexity index is 195. The van der Waals surface area contributed by atoms with Crippen LogP contribution in [0.3, 0.4) is 0 Å². The zero-order valence-corrected chi connectivity index (χ0v) is 11.0. The lowest BCUT2D eigenvalue weighted by Crippen LogP contribution is -1.73. The van der Waals surface area contributed by atoms with Gasteiger partial charge in [0.15, 0.2) is 0 Å². The number of hydrogen-bond acceptors (Lipinski definition) is 0. The largest absolute Gasteiger partial charge is 0.0928 e. The minimum atomic E-state index is 0.794. The normalized spacial score (nSPS) is 9.07. The van der Waals surface area contributed by atoms with Crippen LogP contribution < -0.4 is 0 Å². The van der Waals surface area contributed by atoms with E-state index in [9.17, 15) is 0 Å². The lowest BCUT2D eigenvalue weighted by Gasteiger charge is -1.89. The van der Waals surface area contributed by atoms with Crippen molar-refractivity contribution in [2.75, 3.05) is 5.33 Å². The molecule has 1 aromatic rings. The number of hydrogen-bond donors (Lipinski definition) is 0. The van der Waals surface area contributed by atoms with Gasteiger partial charge in [-0.15, -0.1) is 0 Å². The van der Waals surface area contributed by atoms with Crippen LogP contribution in [0, 0.1) is 0 Å². The van der Waals surface area contributed by atoms with Crippen molar-refractivity contribution in [1.29, 1.82) is 0 Å². The maximum Gasteiger partial charge on any atom is 0.0405 e. The maximum atomic E-state index is 5.54. The molecule has 0 nitrogen and oxygen atoms in total. The standard InChI is InChI=1S/C6H13Br.C6H5Cl/c1-2-3-4-5-6-7;7-6-4-2-1-3-5-6/h2-6H2,1H3;1-5H. The average molecular weight is 278 g/mol. The van der Waals surface area contributed by atoms with Crippen molar-refractivity contribution in [2.24, 2.45) is 0 Å². The third-order valence-electron chi connectivity index (χ3n) is 1.72. The van der Waals surface area contributed by atoms with Crippen molar-refractivity contribution in [3.63, 3.8) is 0 Å². The highest BCUT2D eigenvalue weighted by Gasteiger charge is 1.81. The fourth-order valence-electron chi connectivity index (χ4n) is 0.936. The number of unbranched alkanes of at least 4 members (excludes halogenated alkanes) is 3. The van der Waals surface area contributed by atoms with Crippen molar-refractivity contribution in [3.8, 4) is 0 Å². The summed E-state index contributed by atoms with van der Waals surface area (Å²) in [4.78, 5) is 0. The van der Waals surface area contributed by atoms with E-state index in [-0.39, 0.29) is 0 Å². The van der Waals surface area contributed by atoms with Crippen LogP contribution in [-0.2, 0) is 0 Å². The van der Waals surface area contributed by atoms with E-state index in [2.05, 4.69) is 22.9 Å². The van der Waals surface area contributed by atoms with E-state index >= 15 is 0 Å². The minimum absolute atomic E-state index is 0.794. The molecule has 0 atom stereocenters. The lowest BCUT2D eigenvalue weighted by atomic mass is 10.2. The molecule has 0 saturated carbocycles. The van der Waals surface area contributed by atoms with Crippen LogP contribution in [0.1, 0.15) is 32.6 Å². The van der Waals surface area contributed by atoms with E-state index in [0.717, 1.165) is 5.02 Å². The first-order valence-electron chi connectivity index (χ1n) is 5.07. The second-order valence-electron chi connectivity index (χ2n) is 3.05. The summed E-state index contributed by atoms with van der Waals surface area (Å²) >= 11 is 8.92. The van der Waals surface area contributed by atoms with Crippen molar-refractivity contribution in [3.05, 3.63) is 35.4 Å². The molecule has 0 fully saturated rings. The van der Waals surface area contributed by atoms with Gasteiger partial charge in [-0.1, -0.05) is 71.9 Å². The number of benzene rings is 1. The predicted octanol–water partition coefficient (Wildman–Crippen LogP) is 5.30. The molecule has 2 heteroatoms. The predicted molar refractivity (Wildman–Crippen MR) is 69.4 cm³/mol. The zero-order chi connectivity index (χ0) is 10.6. The quantitative estimate of drug-likeness (QED) is 0.517. The molecule has 0 aromatic heterocycles. The SMILES string of the molecule is CCCCCCBr.Clc1ccccc1. The van der Waals surface area contributed by atoms with Gasteiger partial charge in [0.25, 0.3) is 0 Å². The van der Waals surface area contributed by atoms with E-state index in [0.29, 0.717) is 0 Å². The van der Waals surface area contributed by atoms with Crippen LogP contribution in [0.15, 0.2) is 30.3 Å². The maximum absolute atomic E-state index is 5.54. The molecule has 0 aliphatic heterocycles. The fraction of sp³-hybridized carbons (Fsp3) is 0.500. The summed E-state index contributed by atoms with van der Waals surface area (Å²) in [5.41, 5.74) is 0. The van der Waals surface area contributed by atoms with Gasteiger partial charge in [-0.3, -0.25) is 0 Å². The highest BCUT2D eigenvalue weighted by atomic mass is 79.9. The fourth-order valence-corrected chi connectivity index (χ4v) is 1.48. The molecule has 0 bridgehead atoms. The first-order valence-corrected chi connectivity index (χ1v) is 6.57. The van der Waals surface area contributed by atoms with E-state index in [1.165, 1.54) is 31.0 Å². The van der Waals surface area contributed by atoms with Crippen molar-refractivity contribution < 1.29 is 0 Å². The van der Waals surface area contributed by atoms with Gasteiger partial charge in [-0.05, 0) is 18.6 Å². The summed E-state index contributed by atoms with van der Waals surface area (Å²) < 4.78 is 0. The van der Waals surface area contributed by atoms with Gasteiger partial charge in [0.2, 0.25) is 0 Å². The van der Waals surface area contributed by atoms with Gasteiger partial charge < -0.3 is 0 Å². The molecule has 80 valence electrons. The Hall–Kier alpha value is -0.0100. The molecule has 0 heterocycles. The minimum Gasteiger partial charge on any atom is -0.0928 e. The Kier molecular flexibility index (Phi) is 11.1. The molecule has 0 aliphatic rings. The Labute approximate surface area is 101 Å². The van der Waals surface area contributed by atoms with Gasteiger partial charge in [0.1, 0.15) is 0 Å². The van der Waals surface area contributed by atoms with Crippen molar-refractivity contribution in [1.82, 2.24) is 0 Å². The molecule has 0 spiro atoms. The number of halogens is 2. The van der Waals surface area contributed by atoms with Crippen LogP contribution >= 0.6 is 27.5 Å². The van der Waals surface area contributed by atoms with Crippen LogP contribution in [0.4, 0.5) is 0 Å². The summed E-state index contributed by atoms with van der Waals surface area (Å²) in [5.74, 6) is 0. The third-order valence-corrected chi connectivity index (χ3v) is 2.53. The Morgan fingerprint density at radius 2 is 1.71 bits per heavy atom. The summed E-state index contributed by atoms with van der Waals surface area (Å²) in [7, 11) is 0. The first kappa shape index (κ1) is 14.0. The van der Waals surface area contributed by atoms with Crippen LogP contribution in [0.2, 0.25) is 5.02 Å². The first-order chi connectivity index (χ1) is 6.81. The lowest BCUT2D eigenvalue weighted by molar-refractivity contribution is 0.708. The summed E-state index contributed by atoms with van der Waals surface area (Å²) in [5, 5.41) is 1.97. The Balaban J connectivity index is 0.000000241. The monoisotopic (exact) mass is 276 g/mol. The second-order valence-corrected chi connectivity index (χ2v) is 4.27. The van der Waals surface area contributed by atoms with Crippen molar-refractivity contribution in [2.45, 2.75) is 32.6 Å². The van der Waals surface area contributed by atoms with Crippen molar-refractivity contribution >= 4 is 27.5 Å². The highest BCUT2D eigenvalue weighted by molar-refractivity contribution is 9.09.